The van der Waals surface area contributed by atoms with Gasteiger partial charge in [-0.2, -0.15) is 0 Å². The molecule has 2 rings (SSSR count). The fourth-order valence-corrected chi connectivity index (χ4v) is 2.13. The van der Waals surface area contributed by atoms with Crippen LogP contribution in [0.25, 0.3) is 0 Å². The predicted molar refractivity (Wildman–Crippen MR) is 76.5 cm³/mol. The number of aryl methyl sites for hydroxylation is 1. The molecule has 0 aliphatic heterocycles. The molecule has 0 heterocycles. The third kappa shape index (κ3) is 3.89. The molecule has 1 aliphatic carbocycles. The van der Waals surface area contributed by atoms with Crippen LogP contribution in [0.4, 0.5) is 0 Å². The van der Waals surface area contributed by atoms with Crippen molar-refractivity contribution in [1.29, 1.82) is 0 Å². The minimum absolute atomic E-state index is 0.172. The van der Waals surface area contributed by atoms with Gasteiger partial charge in [0.25, 0.3) is 0 Å². The van der Waals surface area contributed by atoms with E-state index in [4.69, 9.17) is 16.3 Å². The Kier molecular flexibility index (Phi) is 4.52. The van der Waals surface area contributed by atoms with Crippen molar-refractivity contribution in [3.63, 3.8) is 0 Å². The average Bonchev–Trinajstić information content (AvgIpc) is 3.10. The van der Waals surface area contributed by atoms with E-state index in [-0.39, 0.29) is 6.10 Å². The molecule has 0 saturated heterocycles. The smallest absolute Gasteiger partial charge is 0.138 e. The Bertz CT molecular complexity index is 401. The van der Waals surface area contributed by atoms with Crippen LogP contribution in [0.3, 0.4) is 0 Å². The molecule has 1 atom stereocenters. The highest BCUT2D eigenvalue weighted by Gasteiger charge is 2.24. The van der Waals surface area contributed by atoms with Crippen molar-refractivity contribution < 1.29 is 4.74 Å². The van der Waals surface area contributed by atoms with Crippen LogP contribution in [-0.2, 0) is 0 Å². The van der Waals surface area contributed by atoms with Gasteiger partial charge in [-0.1, -0.05) is 31.5 Å². The molecule has 1 fully saturated rings. The van der Waals surface area contributed by atoms with E-state index >= 15 is 0 Å². The van der Waals surface area contributed by atoms with Crippen LogP contribution >= 0.6 is 11.6 Å². The number of nitrogens with one attached hydrogen (secondary N) is 1. The highest BCUT2D eigenvalue weighted by atomic mass is 35.5. The van der Waals surface area contributed by atoms with Gasteiger partial charge in [-0.3, -0.25) is 0 Å². The molecule has 18 heavy (non-hydrogen) atoms. The summed E-state index contributed by atoms with van der Waals surface area (Å²) in [4.78, 5) is 0. The van der Waals surface area contributed by atoms with E-state index in [0.29, 0.717) is 17.0 Å². The quantitative estimate of drug-likeness (QED) is 0.846. The minimum Gasteiger partial charge on any atom is -0.487 e. The van der Waals surface area contributed by atoms with Gasteiger partial charge < -0.3 is 10.1 Å². The summed E-state index contributed by atoms with van der Waals surface area (Å²) in [5.41, 5.74) is 1.16. The van der Waals surface area contributed by atoms with Gasteiger partial charge in [-0.25, -0.2) is 0 Å². The third-order valence-electron chi connectivity index (χ3n) is 3.29. The second kappa shape index (κ2) is 5.94. The van der Waals surface area contributed by atoms with Crippen LogP contribution in [-0.4, -0.2) is 18.7 Å². The van der Waals surface area contributed by atoms with E-state index in [9.17, 15) is 0 Å². The van der Waals surface area contributed by atoms with Gasteiger partial charge in [0.2, 0.25) is 0 Å². The molecule has 3 heteroatoms. The van der Waals surface area contributed by atoms with Crippen LogP contribution in [0.1, 0.15) is 32.3 Å². The van der Waals surface area contributed by atoms with Gasteiger partial charge in [0.15, 0.2) is 0 Å². The molecule has 0 bridgehead atoms. The van der Waals surface area contributed by atoms with Gasteiger partial charge in [0, 0.05) is 12.6 Å². The topological polar surface area (TPSA) is 21.3 Å². The fourth-order valence-electron chi connectivity index (χ4n) is 1.85. The summed E-state index contributed by atoms with van der Waals surface area (Å²) in [5.74, 6) is 1.26. The molecular weight excluding hydrogens is 246 g/mol. The summed E-state index contributed by atoms with van der Waals surface area (Å²) in [7, 11) is 0. The van der Waals surface area contributed by atoms with Gasteiger partial charge in [-0.05, 0) is 43.4 Å². The molecule has 0 aromatic heterocycles. The van der Waals surface area contributed by atoms with E-state index in [2.05, 4.69) is 19.2 Å². The van der Waals surface area contributed by atoms with E-state index in [1.807, 2.05) is 25.1 Å². The number of ether oxygens (including phenoxy) is 1. The van der Waals surface area contributed by atoms with E-state index < -0.39 is 0 Å². The fraction of sp³-hybridized carbons (Fsp3) is 0.600. The Hall–Kier alpha value is -0.730. The van der Waals surface area contributed by atoms with Crippen LogP contribution < -0.4 is 10.1 Å². The van der Waals surface area contributed by atoms with Gasteiger partial charge in [0.1, 0.15) is 11.9 Å². The Morgan fingerprint density at radius 1 is 1.39 bits per heavy atom. The third-order valence-corrected chi connectivity index (χ3v) is 3.59. The highest BCUT2D eigenvalue weighted by molar-refractivity contribution is 6.32. The van der Waals surface area contributed by atoms with Crippen LogP contribution in [0.2, 0.25) is 5.02 Å². The van der Waals surface area contributed by atoms with Crippen molar-refractivity contribution >= 4 is 11.6 Å². The number of halogens is 1. The molecule has 2 nitrogen and oxygen atoms in total. The van der Waals surface area contributed by atoms with E-state index in [1.54, 1.807) is 0 Å². The first-order valence-corrected chi connectivity index (χ1v) is 7.10. The molecule has 0 amide bonds. The number of hydrogen-bond donors (Lipinski definition) is 1. The van der Waals surface area contributed by atoms with E-state index in [0.717, 1.165) is 17.9 Å². The highest BCUT2D eigenvalue weighted by Crippen LogP contribution is 2.27. The number of hydrogen-bond acceptors (Lipinski definition) is 2. The van der Waals surface area contributed by atoms with Crippen LogP contribution in [0.15, 0.2) is 18.2 Å². The monoisotopic (exact) mass is 267 g/mol. The molecule has 1 saturated carbocycles. The maximum Gasteiger partial charge on any atom is 0.138 e. The Morgan fingerprint density at radius 2 is 2.11 bits per heavy atom. The second-order valence-corrected chi connectivity index (χ2v) is 5.92. The summed E-state index contributed by atoms with van der Waals surface area (Å²) in [6.07, 6.45) is 2.78. The lowest BCUT2D eigenvalue weighted by molar-refractivity contribution is 0.148. The SMILES string of the molecule is Cc1ccc(OC(CNC2CC2)C(C)C)c(Cl)c1. The molecule has 1 unspecified atom stereocenters. The van der Waals surface area contributed by atoms with Crippen molar-refractivity contribution in [2.45, 2.75) is 45.8 Å². The summed E-state index contributed by atoms with van der Waals surface area (Å²) >= 11 is 6.21. The Balaban J connectivity index is 1.97. The first-order valence-electron chi connectivity index (χ1n) is 6.72. The van der Waals surface area contributed by atoms with Gasteiger partial charge in [0.05, 0.1) is 5.02 Å². The van der Waals surface area contributed by atoms with Crippen molar-refractivity contribution in [2.75, 3.05) is 6.54 Å². The standard InChI is InChI=1S/C15H22ClNO/c1-10(2)15(9-17-12-5-6-12)18-14-7-4-11(3)8-13(14)16/h4,7-8,10,12,15,17H,5-6,9H2,1-3H3. The first-order chi connectivity index (χ1) is 8.56. The predicted octanol–water partition coefficient (Wildman–Crippen LogP) is 3.80. The first kappa shape index (κ1) is 13.7. The lowest BCUT2D eigenvalue weighted by Crippen LogP contribution is -2.36. The normalized spacial score (nSPS) is 16.9. The molecule has 0 spiro atoms. The molecule has 1 aromatic carbocycles. The molecule has 0 radical (unpaired) electrons. The van der Waals surface area contributed by atoms with Crippen molar-refractivity contribution in [3.05, 3.63) is 28.8 Å². The van der Waals surface area contributed by atoms with Crippen molar-refractivity contribution in [1.82, 2.24) is 5.32 Å². The molecule has 1 aliphatic rings. The second-order valence-electron chi connectivity index (χ2n) is 5.52. The van der Waals surface area contributed by atoms with Crippen molar-refractivity contribution in [3.8, 4) is 5.75 Å². The summed E-state index contributed by atoms with van der Waals surface area (Å²) in [5, 5.41) is 4.22. The van der Waals surface area contributed by atoms with E-state index in [1.165, 1.54) is 12.8 Å². The minimum atomic E-state index is 0.172. The zero-order chi connectivity index (χ0) is 13.1. The van der Waals surface area contributed by atoms with Gasteiger partial charge >= 0.3 is 0 Å². The molecular formula is C15H22ClNO. The molecule has 100 valence electrons. The summed E-state index contributed by atoms with van der Waals surface area (Å²) in [6.45, 7) is 7.29. The van der Waals surface area contributed by atoms with Crippen LogP contribution in [0.5, 0.6) is 5.75 Å². The lowest BCUT2D eigenvalue weighted by Gasteiger charge is -2.23. The maximum absolute atomic E-state index is 6.21. The molecule has 1 N–H and O–H groups in total. The number of benzene rings is 1. The Labute approximate surface area is 115 Å². The average molecular weight is 268 g/mol. The Morgan fingerprint density at radius 3 is 2.67 bits per heavy atom. The zero-order valence-electron chi connectivity index (χ0n) is 11.4. The van der Waals surface area contributed by atoms with Crippen LogP contribution in [0, 0.1) is 12.8 Å². The van der Waals surface area contributed by atoms with Gasteiger partial charge in [-0.15, -0.1) is 0 Å². The summed E-state index contributed by atoms with van der Waals surface area (Å²) in [6, 6.07) is 6.66. The maximum atomic E-state index is 6.21. The molecule has 1 aromatic rings. The number of rotatable bonds is 6. The zero-order valence-corrected chi connectivity index (χ0v) is 12.1. The summed E-state index contributed by atoms with van der Waals surface area (Å²) < 4.78 is 6.05. The van der Waals surface area contributed by atoms with Crippen molar-refractivity contribution in [2.24, 2.45) is 5.92 Å². The lowest BCUT2D eigenvalue weighted by atomic mass is 10.1. The largest absolute Gasteiger partial charge is 0.487 e.